The van der Waals surface area contributed by atoms with Crippen molar-refractivity contribution in [2.45, 2.75) is 45.2 Å². The van der Waals surface area contributed by atoms with Crippen LogP contribution in [0.3, 0.4) is 0 Å². The van der Waals surface area contributed by atoms with Crippen LogP contribution in [0.4, 0.5) is 0 Å². The lowest BCUT2D eigenvalue weighted by Gasteiger charge is -2.29. The molecule has 1 aliphatic rings. The van der Waals surface area contributed by atoms with Crippen LogP contribution in [0, 0.1) is 0 Å². The fourth-order valence-corrected chi connectivity index (χ4v) is 4.60. The van der Waals surface area contributed by atoms with Crippen LogP contribution in [-0.2, 0) is 10.0 Å². The topological polar surface area (TPSA) is 85.8 Å². The molecule has 8 heteroatoms. The van der Waals surface area contributed by atoms with Crippen LogP contribution in [0.15, 0.2) is 35.3 Å². The molecule has 1 fully saturated rings. The van der Waals surface area contributed by atoms with E-state index in [0.29, 0.717) is 12.5 Å². The third kappa shape index (κ3) is 7.77. The maximum Gasteiger partial charge on any atom is 0.209 e. The Morgan fingerprint density at radius 3 is 2.39 bits per heavy atom. The molecular formula is C20H35N5O2S. The summed E-state index contributed by atoms with van der Waals surface area (Å²) in [5.41, 5.74) is 0.649. The fourth-order valence-electron chi connectivity index (χ4n) is 3.53. The molecule has 2 rings (SSSR count). The summed E-state index contributed by atoms with van der Waals surface area (Å²) in [6.07, 6.45) is 3.65. The molecule has 1 aromatic rings. The highest BCUT2D eigenvalue weighted by Crippen LogP contribution is 2.24. The third-order valence-corrected chi connectivity index (χ3v) is 5.59. The van der Waals surface area contributed by atoms with Gasteiger partial charge in [0.15, 0.2) is 5.96 Å². The molecular weight excluding hydrogens is 374 g/mol. The van der Waals surface area contributed by atoms with E-state index >= 15 is 0 Å². The average molecular weight is 410 g/mol. The van der Waals surface area contributed by atoms with Crippen molar-refractivity contribution in [1.29, 1.82) is 0 Å². The van der Waals surface area contributed by atoms with Gasteiger partial charge in [-0.1, -0.05) is 30.3 Å². The first kappa shape index (κ1) is 22.6. The van der Waals surface area contributed by atoms with Gasteiger partial charge in [0, 0.05) is 18.6 Å². The molecule has 28 heavy (non-hydrogen) atoms. The highest BCUT2D eigenvalue weighted by molar-refractivity contribution is 7.88. The van der Waals surface area contributed by atoms with Crippen molar-refractivity contribution in [2.75, 3.05) is 39.0 Å². The van der Waals surface area contributed by atoms with Crippen molar-refractivity contribution in [3.05, 3.63) is 35.9 Å². The Hall–Kier alpha value is -1.64. The van der Waals surface area contributed by atoms with Crippen molar-refractivity contribution in [1.82, 2.24) is 20.3 Å². The van der Waals surface area contributed by atoms with E-state index in [1.54, 1.807) is 0 Å². The molecule has 7 nitrogen and oxygen atoms in total. The zero-order valence-electron chi connectivity index (χ0n) is 17.5. The van der Waals surface area contributed by atoms with Crippen LogP contribution in [0.5, 0.6) is 0 Å². The molecule has 158 valence electrons. The van der Waals surface area contributed by atoms with Gasteiger partial charge in [-0.05, 0) is 52.3 Å². The Bertz CT molecular complexity index is 728. The monoisotopic (exact) mass is 409 g/mol. The second kappa shape index (κ2) is 10.2. The molecule has 0 spiro atoms. The van der Waals surface area contributed by atoms with Gasteiger partial charge >= 0.3 is 0 Å². The second-order valence-corrected chi connectivity index (χ2v) is 9.75. The third-order valence-electron chi connectivity index (χ3n) is 4.67. The maximum absolute atomic E-state index is 11.5. The number of nitrogens with zero attached hydrogens (tertiary/aromatic N) is 2. The van der Waals surface area contributed by atoms with Crippen LogP contribution in [0.25, 0.3) is 0 Å². The summed E-state index contributed by atoms with van der Waals surface area (Å²) in [6.45, 7) is 9.74. The smallest absolute Gasteiger partial charge is 0.209 e. The lowest BCUT2D eigenvalue weighted by Crippen LogP contribution is -2.47. The summed E-state index contributed by atoms with van der Waals surface area (Å²) in [6, 6.07) is 10.8. The van der Waals surface area contributed by atoms with Crippen molar-refractivity contribution < 1.29 is 8.42 Å². The van der Waals surface area contributed by atoms with Crippen LogP contribution >= 0.6 is 0 Å². The quantitative estimate of drug-likeness (QED) is 0.427. The van der Waals surface area contributed by atoms with Crippen molar-refractivity contribution in [3.8, 4) is 0 Å². The lowest BCUT2D eigenvalue weighted by molar-refractivity contribution is 0.245. The number of likely N-dealkylation sites (tertiary alicyclic amines) is 1. The molecule has 0 radical (unpaired) electrons. The molecule has 0 saturated carbocycles. The molecule has 0 bridgehead atoms. The molecule has 1 aromatic carbocycles. The number of aliphatic imine (C=N–C) groups is 1. The fraction of sp³-hybridized carbons (Fsp3) is 0.650. The van der Waals surface area contributed by atoms with Gasteiger partial charge in [0.25, 0.3) is 0 Å². The predicted octanol–water partition coefficient (Wildman–Crippen LogP) is 1.71. The predicted molar refractivity (Wildman–Crippen MR) is 116 cm³/mol. The minimum absolute atomic E-state index is 0.287. The van der Waals surface area contributed by atoms with E-state index in [2.05, 4.69) is 49.5 Å². The van der Waals surface area contributed by atoms with E-state index in [4.69, 9.17) is 0 Å². The van der Waals surface area contributed by atoms with Crippen LogP contribution in [0.2, 0.25) is 0 Å². The van der Waals surface area contributed by atoms with Crippen LogP contribution in [-0.4, -0.2) is 63.8 Å². The molecule has 1 unspecified atom stereocenters. The Labute approximate surface area is 170 Å². The first-order valence-electron chi connectivity index (χ1n) is 10.0. The number of hydrogen-bond acceptors (Lipinski definition) is 4. The minimum Gasteiger partial charge on any atom is -0.357 e. The van der Waals surface area contributed by atoms with E-state index in [-0.39, 0.29) is 6.04 Å². The second-order valence-electron chi connectivity index (χ2n) is 8.00. The molecule has 1 saturated heterocycles. The number of nitrogens with one attached hydrogen (secondary N) is 3. The number of rotatable bonds is 9. The molecule has 0 aromatic heterocycles. The van der Waals surface area contributed by atoms with Gasteiger partial charge in [-0.15, -0.1) is 0 Å². The van der Waals surface area contributed by atoms with Gasteiger partial charge in [0.2, 0.25) is 10.0 Å². The van der Waals surface area contributed by atoms with Crippen molar-refractivity contribution in [2.24, 2.45) is 4.99 Å². The summed E-state index contributed by atoms with van der Waals surface area (Å²) < 4.78 is 25.7. The SMILES string of the molecule is CCNC(=NCC(C)(C)NS(C)(=O)=O)NCC(c1ccccc1)N1CCCC1. The summed E-state index contributed by atoms with van der Waals surface area (Å²) in [7, 11) is -3.28. The Morgan fingerprint density at radius 1 is 1.18 bits per heavy atom. The first-order valence-corrected chi connectivity index (χ1v) is 11.9. The summed E-state index contributed by atoms with van der Waals surface area (Å²) in [5, 5.41) is 6.71. The Morgan fingerprint density at radius 2 is 1.82 bits per heavy atom. The van der Waals surface area contributed by atoms with E-state index in [0.717, 1.165) is 26.2 Å². The van der Waals surface area contributed by atoms with Gasteiger partial charge < -0.3 is 10.6 Å². The van der Waals surface area contributed by atoms with Crippen LogP contribution in [0.1, 0.15) is 45.2 Å². The van der Waals surface area contributed by atoms with Crippen LogP contribution < -0.4 is 15.4 Å². The van der Waals surface area contributed by atoms with Crippen molar-refractivity contribution >= 4 is 16.0 Å². The standard InChI is InChI=1S/C20H35N5O2S/c1-5-21-19(23-16-20(2,3)24-28(4,26)27)22-15-18(25-13-9-10-14-25)17-11-7-6-8-12-17/h6-8,11-12,18,24H,5,9-10,13-16H2,1-4H3,(H2,21,22,23). The van der Waals surface area contributed by atoms with E-state index in [9.17, 15) is 8.42 Å². The Balaban J connectivity index is 2.06. The first-order chi connectivity index (χ1) is 13.2. The highest BCUT2D eigenvalue weighted by Gasteiger charge is 2.24. The van der Waals surface area contributed by atoms with Gasteiger partial charge in [0.05, 0.1) is 18.8 Å². The summed E-state index contributed by atoms with van der Waals surface area (Å²) in [5.74, 6) is 0.700. The van der Waals surface area contributed by atoms with Crippen molar-refractivity contribution in [3.63, 3.8) is 0 Å². The largest absolute Gasteiger partial charge is 0.357 e. The average Bonchev–Trinajstić information content (AvgIpc) is 3.13. The number of hydrogen-bond donors (Lipinski definition) is 3. The van der Waals surface area contributed by atoms with E-state index < -0.39 is 15.6 Å². The molecule has 1 aliphatic heterocycles. The molecule has 0 aliphatic carbocycles. The molecule has 1 heterocycles. The Kier molecular flexibility index (Phi) is 8.27. The normalized spacial score (nSPS) is 17.5. The maximum atomic E-state index is 11.5. The van der Waals surface area contributed by atoms with Gasteiger partial charge in [-0.3, -0.25) is 9.89 Å². The zero-order valence-corrected chi connectivity index (χ0v) is 18.3. The van der Waals surface area contributed by atoms with E-state index in [1.807, 2.05) is 26.8 Å². The van der Waals surface area contributed by atoms with Gasteiger partial charge in [0.1, 0.15) is 0 Å². The zero-order chi connectivity index (χ0) is 20.6. The van der Waals surface area contributed by atoms with Gasteiger partial charge in [-0.25, -0.2) is 13.1 Å². The summed E-state index contributed by atoms with van der Waals surface area (Å²) >= 11 is 0. The van der Waals surface area contributed by atoms with E-state index in [1.165, 1.54) is 24.7 Å². The minimum atomic E-state index is -3.28. The molecule has 3 N–H and O–H groups in total. The van der Waals surface area contributed by atoms with Gasteiger partial charge in [-0.2, -0.15) is 0 Å². The molecule has 0 amide bonds. The molecule has 1 atom stereocenters. The highest BCUT2D eigenvalue weighted by atomic mass is 32.2. The lowest BCUT2D eigenvalue weighted by atomic mass is 10.1. The number of sulfonamides is 1. The summed E-state index contributed by atoms with van der Waals surface area (Å²) in [4.78, 5) is 7.13. The number of benzene rings is 1. The number of guanidine groups is 1.